The number of anilines is 2. The Hall–Kier alpha value is -3.45. The van der Waals surface area contributed by atoms with E-state index >= 15 is 0 Å². The van der Waals surface area contributed by atoms with Crippen molar-refractivity contribution in [3.8, 4) is 11.5 Å². The lowest BCUT2D eigenvalue weighted by Gasteiger charge is -2.22. The van der Waals surface area contributed by atoms with E-state index in [1.807, 2.05) is 54.6 Å². The van der Waals surface area contributed by atoms with Gasteiger partial charge >= 0.3 is 0 Å². The average Bonchev–Trinajstić information content (AvgIpc) is 2.96. The summed E-state index contributed by atoms with van der Waals surface area (Å²) in [4.78, 5) is 28.8. The van der Waals surface area contributed by atoms with Crippen LogP contribution in [0, 0.1) is 0 Å². The SMILES string of the molecule is COc1ccc(OC)c(NC(=O)CN2C(=O)C[C@H](c3ccccc3)Sc3ccccc32)c1. The molecule has 3 aromatic rings. The number of rotatable bonds is 6. The first-order valence-electron chi connectivity index (χ1n) is 10.2. The molecule has 1 aliphatic rings. The van der Waals surface area contributed by atoms with Crippen LogP contribution >= 0.6 is 11.8 Å². The van der Waals surface area contributed by atoms with Crippen LogP contribution in [0.2, 0.25) is 0 Å². The Kier molecular flexibility index (Phi) is 6.66. The van der Waals surface area contributed by atoms with Crippen molar-refractivity contribution in [2.75, 3.05) is 31.0 Å². The fraction of sp³-hybridized carbons (Fsp3) is 0.200. The van der Waals surface area contributed by atoms with Crippen molar-refractivity contribution in [2.45, 2.75) is 16.6 Å². The topological polar surface area (TPSA) is 67.9 Å². The summed E-state index contributed by atoms with van der Waals surface area (Å²) >= 11 is 1.65. The first-order valence-corrected chi connectivity index (χ1v) is 11.1. The van der Waals surface area contributed by atoms with Gasteiger partial charge in [-0.3, -0.25) is 9.59 Å². The number of ether oxygens (including phenoxy) is 2. The maximum absolute atomic E-state index is 13.3. The zero-order chi connectivity index (χ0) is 22.5. The van der Waals surface area contributed by atoms with Gasteiger partial charge in [-0.25, -0.2) is 0 Å². The fourth-order valence-electron chi connectivity index (χ4n) is 3.65. The van der Waals surface area contributed by atoms with Crippen LogP contribution in [0.3, 0.4) is 0 Å². The molecule has 0 aliphatic carbocycles. The Morgan fingerprint density at radius 3 is 2.53 bits per heavy atom. The molecule has 1 aliphatic heterocycles. The van der Waals surface area contributed by atoms with Gasteiger partial charge in [-0.15, -0.1) is 11.8 Å². The van der Waals surface area contributed by atoms with Crippen LogP contribution in [-0.2, 0) is 9.59 Å². The highest BCUT2D eigenvalue weighted by Crippen LogP contribution is 2.45. The van der Waals surface area contributed by atoms with Crippen LogP contribution in [0.5, 0.6) is 11.5 Å². The van der Waals surface area contributed by atoms with Gasteiger partial charge in [0.15, 0.2) is 0 Å². The van der Waals surface area contributed by atoms with E-state index in [1.165, 1.54) is 7.11 Å². The van der Waals surface area contributed by atoms with Crippen molar-refractivity contribution >= 4 is 35.0 Å². The number of nitrogens with one attached hydrogen (secondary N) is 1. The number of fused-ring (bicyclic) bond motifs is 1. The highest BCUT2D eigenvalue weighted by Gasteiger charge is 2.30. The summed E-state index contributed by atoms with van der Waals surface area (Å²) in [6.07, 6.45) is 0.305. The average molecular weight is 449 g/mol. The monoisotopic (exact) mass is 448 g/mol. The second kappa shape index (κ2) is 9.78. The summed E-state index contributed by atoms with van der Waals surface area (Å²) in [6.45, 7) is -0.0989. The smallest absolute Gasteiger partial charge is 0.244 e. The first-order chi connectivity index (χ1) is 15.6. The predicted octanol–water partition coefficient (Wildman–Crippen LogP) is 4.91. The lowest BCUT2D eigenvalue weighted by atomic mass is 10.1. The van der Waals surface area contributed by atoms with E-state index in [0.29, 0.717) is 23.6 Å². The van der Waals surface area contributed by atoms with Crippen LogP contribution in [-0.4, -0.2) is 32.6 Å². The summed E-state index contributed by atoms with van der Waals surface area (Å²) in [5.41, 5.74) is 2.32. The van der Waals surface area contributed by atoms with E-state index < -0.39 is 0 Å². The minimum Gasteiger partial charge on any atom is -0.497 e. The Morgan fingerprint density at radius 1 is 1.03 bits per heavy atom. The number of thioether (sulfide) groups is 1. The summed E-state index contributed by atoms with van der Waals surface area (Å²) in [5, 5.41) is 2.84. The fourth-order valence-corrected chi connectivity index (χ4v) is 4.93. The number of amides is 2. The third-order valence-corrected chi connectivity index (χ3v) is 6.56. The number of nitrogens with zero attached hydrogens (tertiary/aromatic N) is 1. The Labute approximate surface area is 191 Å². The maximum atomic E-state index is 13.3. The summed E-state index contributed by atoms with van der Waals surface area (Å²) < 4.78 is 10.6. The van der Waals surface area contributed by atoms with E-state index in [0.717, 1.165) is 16.1 Å². The van der Waals surface area contributed by atoms with Crippen LogP contribution in [0.15, 0.2) is 77.7 Å². The molecule has 0 radical (unpaired) electrons. The second-order valence-corrected chi connectivity index (χ2v) is 8.53. The Morgan fingerprint density at radius 2 is 1.78 bits per heavy atom. The molecule has 0 spiro atoms. The van der Waals surface area contributed by atoms with Crippen molar-refractivity contribution in [1.82, 2.24) is 0 Å². The normalized spacial score (nSPS) is 15.5. The lowest BCUT2D eigenvalue weighted by Crippen LogP contribution is -2.38. The Balaban J connectivity index is 1.58. The third-order valence-electron chi connectivity index (χ3n) is 5.24. The lowest BCUT2D eigenvalue weighted by molar-refractivity contribution is -0.121. The molecule has 32 heavy (non-hydrogen) atoms. The summed E-state index contributed by atoms with van der Waals surface area (Å²) in [5.74, 6) is 0.702. The van der Waals surface area contributed by atoms with Gasteiger partial charge in [0.25, 0.3) is 0 Å². The van der Waals surface area contributed by atoms with E-state index in [1.54, 1.807) is 42.0 Å². The van der Waals surface area contributed by atoms with E-state index in [-0.39, 0.29) is 23.6 Å². The molecule has 7 heteroatoms. The van der Waals surface area contributed by atoms with Gasteiger partial charge < -0.3 is 19.7 Å². The molecule has 0 fully saturated rings. The maximum Gasteiger partial charge on any atom is 0.244 e. The molecular formula is C25H24N2O4S. The number of benzene rings is 3. The highest BCUT2D eigenvalue weighted by molar-refractivity contribution is 7.99. The van der Waals surface area contributed by atoms with Gasteiger partial charge in [-0.1, -0.05) is 42.5 Å². The van der Waals surface area contributed by atoms with Gasteiger partial charge in [0.2, 0.25) is 11.8 Å². The number of carbonyl (C=O) groups is 2. The van der Waals surface area contributed by atoms with Crippen molar-refractivity contribution in [2.24, 2.45) is 0 Å². The standard InChI is InChI=1S/C25H24N2O4S/c1-30-18-12-13-21(31-2)19(14-18)26-24(28)16-27-20-10-6-7-11-22(20)32-23(15-25(27)29)17-8-4-3-5-9-17/h3-14,23H,15-16H2,1-2H3,(H,26,28)/t23-/m1/s1. The van der Waals surface area contributed by atoms with Crippen LogP contribution in [0.4, 0.5) is 11.4 Å². The molecule has 0 saturated carbocycles. The number of para-hydroxylation sites is 1. The number of methoxy groups -OCH3 is 2. The van der Waals surface area contributed by atoms with E-state index in [4.69, 9.17) is 9.47 Å². The molecule has 1 N–H and O–H groups in total. The van der Waals surface area contributed by atoms with Crippen molar-refractivity contribution in [3.63, 3.8) is 0 Å². The number of hydrogen-bond donors (Lipinski definition) is 1. The molecule has 0 bridgehead atoms. The van der Waals surface area contributed by atoms with Crippen LogP contribution < -0.4 is 19.7 Å². The highest BCUT2D eigenvalue weighted by atomic mass is 32.2. The predicted molar refractivity (Wildman–Crippen MR) is 127 cm³/mol. The number of hydrogen-bond acceptors (Lipinski definition) is 5. The van der Waals surface area contributed by atoms with Crippen molar-refractivity contribution < 1.29 is 19.1 Å². The molecule has 1 heterocycles. The summed E-state index contributed by atoms with van der Waals surface area (Å²) in [6, 6.07) is 22.8. The molecule has 6 nitrogen and oxygen atoms in total. The molecule has 0 unspecified atom stereocenters. The molecule has 3 aromatic carbocycles. The molecule has 164 valence electrons. The largest absolute Gasteiger partial charge is 0.497 e. The first kappa shape index (κ1) is 21.8. The quantitative estimate of drug-likeness (QED) is 0.580. The Bertz CT molecular complexity index is 1120. The molecule has 0 saturated heterocycles. The van der Waals surface area contributed by atoms with Crippen molar-refractivity contribution in [3.05, 3.63) is 78.4 Å². The van der Waals surface area contributed by atoms with Gasteiger partial charge in [0.1, 0.15) is 18.0 Å². The minimum atomic E-state index is -0.317. The minimum absolute atomic E-state index is 0.0172. The van der Waals surface area contributed by atoms with Gasteiger partial charge in [0, 0.05) is 22.6 Å². The van der Waals surface area contributed by atoms with Crippen LogP contribution in [0.1, 0.15) is 17.2 Å². The zero-order valence-corrected chi connectivity index (χ0v) is 18.7. The van der Waals surface area contributed by atoms with Gasteiger partial charge in [-0.2, -0.15) is 0 Å². The molecule has 0 aromatic heterocycles. The van der Waals surface area contributed by atoms with E-state index in [9.17, 15) is 9.59 Å². The molecular weight excluding hydrogens is 424 g/mol. The second-order valence-electron chi connectivity index (χ2n) is 7.28. The third kappa shape index (κ3) is 4.73. The molecule has 4 rings (SSSR count). The summed E-state index contributed by atoms with van der Waals surface area (Å²) in [7, 11) is 3.09. The van der Waals surface area contributed by atoms with Crippen LogP contribution in [0.25, 0.3) is 0 Å². The van der Waals surface area contributed by atoms with Gasteiger partial charge in [0.05, 0.1) is 25.6 Å². The van der Waals surface area contributed by atoms with Crippen molar-refractivity contribution in [1.29, 1.82) is 0 Å². The zero-order valence-electron chi connectivity index (χ0n) is 17.9. The van der Waals surface area contributed by atoms with Gasteiger partial charge in [-0.05, 0) is 29.8 Å². The molecule has 1 atom stereocenters. The molecule has 2 amide bonds. The number of carbonyl (C=O) groups excluding carboxylic acids is 2. The van der Waals surface area contributed by atoms with E-state index in [2.05, 4.69) is 5.32 Å².